The molecule has 0 spiro atoms. The molecule has 0 saturated carbocycles. The smallest absolute Gasteiger partial charge is 0.210 e. The number of rotatable bonds is 13. The summed E-state index contributed by atoms with van der Waals surface area (Å²) in [6, 6.07) is 51.9. The van der Waals surface area contributed by atoms with Crippen molar-refractivity contribution in [2.75, 3.05) is 0 Å². The summed E-state index contributed by atoms with van der Waals surface area (Å²) < 4.78 is 4.08. The standard InChI is InChI=1S/C44H32N2O2S4/c47-39(33-21-9-3-10-22-33)37-43(49-29-31-17-5-1-6-18-31)41(35-25-13-15-27-45(35)37)51-52-42-36-26-14-16-28-46(36)38(40(48)34-23-11-4-12-24-34)44(42)50-30-32-19-7-2-8-20-32/h1-28H,29-30H2. The molecule has 0 fully saturated rings. The fourth-order valence-electron chi connectivity index (χ4n) is 6.16. The van der Waals surface area contributed by atoms with Gasteiger partial charge < -0.3 is 8.80 Å². The van der Waals surface area contributed by atoms with Crippen LogP contribution in [0.15, 0.2) is 190 Å². The van der Waals surface area contributed by atoms with Crippen molar-refractivity contribution in [1.29, 1.82) is 0 Å². The molecule has 0 aliphatic carbocycles. The van der Waals surface area contributed by atoms with Crippen molar-refractivity contribution in [2.24, 2.45) is 0 Å². The third kappa shape index (κ3) is 6.99. The Morgan fingerprint density at radius 1 is 0.404 bits per heavy atom. The summed E-state index contributed by atoms with van der Waals surface area (Å²) in [5.41, 5.74) is 6.93. The lowest BCUT2D eigenvalue weighted by molar-refractivity contribution is 0.102. The van der Waals surface area contributed by atoms with Crippen molar-refractivity contribution in [1.82, 2.24) is 8.80 Å². The van der Waals surface area contributed by atoms with Gasteiger partial charge >= 0.3 is 0 Å². The summed E-state index contributed by atoms with van der Waals surface area (Å²) in [5.74, 6) is 1.40. The van der Waals surface area contributed by atoms with E-state index in [1.54, 1.807) is 45.1 Å². The zero-order chi connectivity index (χ0) is 35.3. The van der Waals surface area contributed by atoms with Gasteiger partial charge in [0.1, 0.15) is 11.4 Å². The van der Waals surface area contributed by atoms with Crippen molar-refractivity contribution in [3.05, 3.63) is 204 Å². The van der Waals surface area contributed by atoms with Crippen LogP contribution in [0.1, 0.15) is 43.2 Å². The zero-order valence-corrected chi connectivity index (χ0v) is 31.2. The predicted octanol–water partition coefficient (Wildman–Crippen LogP) is 12.0. The number of carbonyl (C=O) groups is 2. The molecule has 4 aromatic heterocycles. The molecule has 0 aliphatic rings. The maximum absolute atomic E-state index is 14.3. The Labute approximate surface area is 319 Å². The van der Waals surface area contributed by atoms with E-state index < -0.39 is 0 Å². The van der Waals surface area contributed by atoms with Gasteiger partial charge in [0.15, 0.2) is 0 Å². The largest absolute Gasteiger partial charge is 0.311 e. The number of pyridine rings is 2. The predicted molar refractivity (Wildman–Crippen MR) is 218 cm³/mol. The Morgan fingerprint density at radius 2 is 0.750 bits per heavy atom. The lowest BCUT2D eigenvalue weighted by Gasteiger charge is -2.09. The highest BCUT2D eigenvalue weighted by Crippen LogP contribution is 2.52. The van der Waals surface area contributed by atoms with Crippen LogP contribution in [0.25, 0.3) is 11.0 Å². The minimum Gasteiger partial charge on any atom is -0.311 e. The molecule has 4 aromatic carbocycles. The number of nitrogens with zero attached hydrogens (tertiary/aromatic N) is 2. The van der Waals surface area contributed by atoms with Crippen molar-refractivity contribution >= 4 is 67.7 Å². The molecule has 4 heterocycles. The number of benzene rings is 4. The molecule has 8 rings (SSSR count). The molecule has 0 bridgehead atoms. The van der Waals surface area contributed by atoms with Crippen molar-refractivity contribution < 1.29 is 9.59 Å². The first-order valence-electron chi connectivity index (χ1n) is 16.8. The first-order chi connectivity index (χ1) is 25.7. The molecule has 254 valence electrons. The molecule has 0 unspecified atom stereocenters. The quantitative estimate of drug-likeness (QED) is 0.0664. The van der Waals surface area contributed by atoms with Gasteiger partial charge in [0.05, 0.1) is 30.6 Å². The molecule has 8 aromatic rings. The van der Waals surface area contributed by atoms with Gasteiger partial charge in [-0.3, -0.25) is 9.59 Å². The van der Waals surface area contributed by atoms with Crippen LogP contribution in [0, 0.1) is 0 Å². The number of thioether (sulfide) groups is 2. The molecule has 8 heteroatoms. The van der Waals surface area contributed by atoms with E-state index in [9.17, 15) is 9.59 Å². The first-order valence-corrected chi connectivity index (χ1v) is 20.9. The van der Waals surface area contributed by atoms with Crippen LogP contribution in [0.4, 0.5) is 0 Å². The Bertz CT molecular complexity index is 2320. The molecular formula is C44H32N2O2S4. The Balaban J connectivity index is 1.26. The third-order valence-electron chi connectivity index (χ3n) is 8.67. The lowest BCUT2D eigenvalue weighted by Crippen LogP contribution is -2.06. The first kappa shape index (κ1) is 34.2. The van der Waals surface area contributed by atoms with Crippen LogP contribution >= 0.6 is 45.1 Å². The molecule has 0 amide bonds. The van der Waals surface area contributed by atoms with Gasteiger partial charge in [0, 0.05) is 35.0 Å². The van der Waals surface area contributed by atoms with E-state index in [2.05, 4.69) is 60.7 Å². The van der Waals surface area contributed by atoms with E-state index in [1.165, 1.54) is 11.1 Å². The van der Waals surface area contributed by atoms with Crippen LogP contribution in [-0.2, 0) is 11.5 Å². The second kappa shape index (κ2) is 15.8. The maximum Gasteiger partial charge on any atom is 0.210 e. The van der Waals surface area contributed by atoms with Gasteiger partial charge in [0.2, 0.25) is 11.6 Å². The van der Waals surface area contributed by atoms with Gasteiger partial charge in [-0.2, -0.15) is 0 Å². The minimum atomic E-state index is -0.0154. The maximum atomic E-state index is 14.3. The number of ketones is 2. The Hall–Kier alpha value is -4.86. The number of hydrogen-bond acceptors (Lipinski definition) is 6. The van der Waals surface area contributed by atoms with Gasteiger partial charge in [-0.05, 0) is 57.0 Å². The fourth-order valence-corrected chi connectivity index (χ4v) is 11.7. The van der Waals surface area contributed by atoms with Crippen LogP contribution in [0.2, 0.25) is 0 Å². The Kier molecular flexibility index (Phi) is 10.4. The molecular weight excluding hydrogens is 717 g/mol. The van der Waals surface area contributed by atoms with Crippen LogP contribution < -0.4 is 0 Å². The van der Waals surface area contributed by atoms with Gasteiger partial charge in [0.25, 0.3) is 0 Å². The monoisotopic (exact) mass is 748 g/mol. The number of fused-ring (bicyclic) bond motifs is 2. The molecule has 0 aliphatic heterocycles. The topological polar surface area (TPSA) is 43.0 Å². The number of hydrogen-bond donors (Lipinski definition) is 0. The Morgan fingerprint density at radius 3 is 1.13 bits per heavy atom. The summed E-state index contributed by atoms with van der Waals surface area (Å²) >= 11 is 3.39. The molecule has 4 nitrogen and oxygen atoms in total. The highest BCUT2D eigenvalue weighted by molar-refractivity contribution is 8.76. The summed E-state index contributed by atoms with van der Waals surface area (Å²) in [5, 5.41) is 0. The van der Waals surface area contributed by atoms with Gasteiger partial charge in [-0.1, -0.05) is 133 Å². The summed E-state index contributed by atoms with van der Waals surface area (Å²) in [7, 11) is 3.31. The SMILES string of the molecule is O=C(c1ccccc1)c1c(SCc2ccccc2)c(SSc2c(SCc3ccccc3)c(C(=O)c3ccccc3)n3ccccc23)c2ccccn12. The molecule has 0 N–H and O–H groups in total. The summed E-state index contributed by atoms with van der Waals surface area (Å²) in [6.07, 6.45) is 3.97. The number of carbonyl (C=O) groups excluding carboxylic acids is 2. The average molecular weight is 749 g/mol. The van der Waals surface area contributed by atoms with Gasteiger partial charge in [-0.25, -0.2) is 0 Å². The van der Waals surface area contributed by atoms with E-state index >= 15 is 0 Å². The van der Waals surface area contributed by atoms with E-state index in [1.807, 2.05) is 118 Å². The van der Waals surface area contributed by atoms with Crippen LogP contribution in [-0.4, -0.2) is 20.4 Å². The number of aromatic nitrogens is 2. The third-order valence-corrected chi connectivity index (χ3v) is 13.8. The molecule has 0 saturated heterocycles. The second-order valence-electron chi connectivity index (χ2n) is 12.0. The molecule has 0 atom stereocenters. The summed E-state index contributed by atoms with van der Waals surface area (Å²) in [6.45, 7) is 0. The van der Waals surface area contributed by atoms with Crippen molar-refractivity contribution in [3.63, 3.8) is 0 Å². The highest BCUT2D eigenvalue weighted by atomic mass is 33.1. The van der Waals surface area contributed by atoms with E-state index in [0.29, 0.717) is 34.0 Å². The van der Waals surface area contributed by atoms with Crippen LogP contribution in [0.5, 0.6) is 0 Å². The van der Waals surface area contributed by atoms with Crippen LogP contribution in [0.3, 0.4) is 0 Å². The average Bonchev–Trinajstić information content (AvgIpc) is 3.70. The molecule has 0 radical (unpaired) electrons. The summed E-state index contributed by atoms with van der Waals surface area (Å²) in [4.78, 5) is 32.6. The fraction of sp³-hybridized carbons (Fsp3) is 0.0455. The van der Waals surface area contributed by atoms with E-state index in [0.717, 1.165) is 30.6 Å². The lowest BCUT2D eigenvalue weighted by atomic mass is 10.1. The minimum absolute atomic E-state index is 0.0154. The van der Waals surface area contributed by atoms with Crippen molar-refractivity contribution in [3.8, 4) is 0 Å². The highest BCUT2D eigenvalue weighted by Gasteiger charge is 2.29. The normalized spacial score (nSPS) is 11.3. The zero-order valence-electron chi connectivity index (χ0n) is 27.9. The molecule has 52 heavy (non-hydrogen) atoms. The van der Waals surface area contributed by atoms with Gasteiger partial charge in [-0.15, -0.1) is 23.5 Å². The second-order valence-corrected chi connectivity index (χ2v) is 16.2. The van der Waals surface area contributed by atoms with E-state index in [-0.39, 0.29) is 11.6 Å². The van der Waals surface area contributed by atoms with Crippen molar-refractivity contribution in [2.45, 2.75) is 31.1 Å². The van der Waals surface area contributed by atoms with E-state index in [4.69, 9.17) is 0 Å².